The zero-order valence-electron chi connectivity index (χ0n) is 13.3. The van der Waals surface area contributed by atoms with Gasteiger partial charge in [-0.2, -0.15) is 0 Å². The lowest BCUT2D eigenvalue weighted by Crippen LogP contribution is -2.39. The molecule has 3 heterocycles. The molecule has 3 atom stereocenters. The maximum atomic E-state index is 6.16. The molecule has 0 radical (unpaired) electrons. The molecule has 0 saturated carbocycles. The molecule has 6 heteroatoms. The van der Waals surface area contributed by atoms with E-state index in [9.17, 15) is 0 Å². The van der Waals surface area contributed by atoms with Gasteiger partial charge >= 0.3 is 0 Å². The monoisotopic (exact) mass is 334 g/mol. The Bertz CT molecular complexity index is 369. The van der Waals surface area contributed by atoms with Crippen LogP contribution in [0.3, 0.4) is 0 Å². The molecule has 0 N–H and O–H groups in total. The van der Waals surface area contributed by atoms with Gasteiger partial charge < -0.3 is 18.9 Å². The summed E-state index contributed by atoms with van der Waals surface area (Å²) in [6, 6.07) is 0. The summed E-state index contributed by atoms with van der Waals surface area (Å²) in [4.78, 5) is 0. The van der Waals surface area contributed by atoms with Crippen LogP contribution in [-0.4, -0.2) is 52.6 Å². The largest absolute Gasteiger partial charge is 0.348 e. The van der Waals surface area contributed by atoms with Gasteiger partial charge in [0, 0.05) is 0 Å². The van der Waals surface area contributed by atoms with Gasteiger partial charge in [-0.25, -0.2) is 0 Å². The highest BCUT2D eigenvalue weighted by molar-refractivity contribution is 8.17. The Kier molecular flexibility index (Phi) is 4.85. The predicted octanol–water partition coefficient (Wildman–Crippen LogP) is 3.24. The molecule has 0 aromatic rings. The van der Waals surface area contributed by atoms with E-state index in [0.717, 1.165) is 6.42 Å². The first-order chi connectivity index (χ1) is 9.85. The highest BCUT2D eigenvalue weighted by Crippen LogP contribution is 2.41. The summed E-state index contributed by atoms with van der Waals surface area (Å²) >= 11 is 4.10. The van der Waals surface area contributed by atoms with Crippen LogP contribution in [0.2, 0.25) is 0 Å². The number of rotatable bonds is 3. The molecule has 0 amide bonds. The molecule has 4 nitrogen and oxygen atoms in total. The van der Waals surface area contributed by atoms with E-state index in [1.54, 1.807) is 0 Å². The van der Waals surface area contributed by atoms with Gasteiger partial charge in [-0.05, 0) is 52.0 Å². The van der Waals surface area contributed by atoms with E-state index < -0.39 is 11.6 Å². The third-order valence-corrected chi connectivity index (χ3v) is 6.93. The van der Waals surface area contributed by atoms with Crippen molar-refractivity contribution in [2.75, 3.05) is 18.1 Å². The highest BCUT2D eigenvalue weighted by atomic mass is 32.2. The summed E-state index contributed by atoms with van der Waals surface area (Å²) in [5.74, 6) is 1.47. The number of hydrogen-bond donors (Lipinski definition) is 0. The van der Waals surface area contributed by atoms with E-state index in [1.165, 1.54) is 17.9 Å². The molecule has 3 saturated heterocycles. The van der Waals surface area contributed by atoms with Crippen LogP contribution in [0.4, 0.5) is 0 Å². The van der Waals surface area contributed by atoms with Crippen molar-refractivity contribution < 1.29 is 18.9 Å². The van der Waals surface area contributed by atoms with Gasteiger partial charge in [-0.3, -0.25) is 0 Å². The fourth-order valence-corrected chi connectivity index (χ4v) is 6.04. The van der Waals surface area contributed by atoms with Crippen LogP contribution in [0.5, 0.6) is 0 Å². The molecule has 1 unspecified atom stereocenters. The Morgan fingerprint density at radius 2 is 1.67 bits per heavy atom. The number of hydrogen-bond acceptors (Lipinski definition) is 6. The van der Waals surface area contributed by atoms with Gasteiger partial charge in [-0.1, -0.05) is 0 Å². The minimum atomic E-state index is -0.532. The molecule has 0 spiro atoms. The van der Waals surface area contributed by atoms with Crippen LogP contribution >= 0.6 is 23.5 Å². The van der Waals surface area contributed by atoms with Crippen LogP contribution in [0, 0.1) is 0 Å². The van der Waals surface area contributed by atoms with Crippen LogP contribution < -0.4 is 0 Å². The molecule has 0 bridgehead atoms. The van der Waals surface area contributed by atoms with Crippen LogP contribution in [-0.2, 0) is 18.9 Å². The molecule has 0 aliphatic carbocycles. The molecule has 0 aromatic heterocycles. The second-order valence-corrected chi connectivity index (χ2v) is 9.69. The number of ether oxygens (including phenoxy) is 4. The third-order valence-electron chi connectivity index (χ3n) is 3.94. The molecule has 3 aliphatic heterocycles. The molecule has 21 heavy (non-hydrogen) atoms. The fraction of sp³-hybridized carbons (Fsp3) is 1.00. The summed E-state index contributed by atoms with van der Waals surface area (Å²) in [6.07, 6.45) is 2.35. The Morgan fingerprint density at radius 1 is 0.952 bits per heavy atom. The van der Waals surface area contributed by atoms with Gasteiger partial charge in [0.25, 0.3) is 0 Å². The minimum Gasteiger partial charge on any atom is -0.348 e. The van der Waals surface area contributed by atoms with Crippen molar-refractivity contribution in [3.63, 3.8) is 0 Å². The van der Waals surface area contributed by atoms with Gasteiger partial charge in [0.15, 0.2) is 11.6 Å². The van der Waals surface area contributed by atoms with Gasteiger partial charge in [0.05, 0.1) is 17.3 Å². The maximum Gasteiger partial charge on any atom is 0.163 e. The summed E-state index contributed by atoms with van der Waals surface area (Å²) in [6.45, 7) is 8.47. The second kappa shape index (κ2) is 6.21. The van der Waals surface area contributed by atoms with Crippen molar-refractivity contribution in [3.8, 4) is 0 Å². The first-order valence-corrected chi connectivity index (χ1v) is 9.85. The normalized spacial score (nSPS) is 39.7. The Balaban J connectivity index is 1.65. The summed E-state index contributed by atoms with van der Waals surface area (Å²) < 4.78 is 24.6. The van der Waals surface area contributed by atoms with Crippen molar-refractivity contribution in [1.29, 1.82) is 0 Å². The topological polar surface area (TPSA) is 36.9 Å². The van der Waals surface area contributed by atoms with Crippen LogP contribution in [0.25, 0.3) is 0 Å². The van der Waals surface area contributed by atoms with E-state index in [1.807, 2.05) is 51.2 Å². The zero-order chi connectivity index (χ0) is 15.1. The van der Waals surface area contributed by atoms with Crippen molar-refractivity contribution >= 4 is 23.5 Å². The first kappa shape index (κ1) is 16.4. The molecule has 3 aliphatic rings. The third kappa shape index (κ3) is 4.09. The summed E-state index contributed by atoms with van der Waals surface area (Å²) in [7, 11) is 0. The lowest BCUT2D eigenvalue weighted by Gasteiger charge is -2.27. The van der Waals surface area contributed by atoms with E-state index >= 15 is 0 Å². The van der Waals surface area contributed by atoms with Crippen LogP contribution in [0.1, 0.15) is 40.5 Å². The smallest absolute Gasteiger partial charge is 0.163 e. The molecule has 3 fully saturated rings. The van der Waals surface area contributed by atoms with Crippen molar-refractivity contribution in [3.05, 3.63) is 0 Å². The maximum absolute atomic E-state index is 6.16. The number of thioether (sulfide) groups is 2. The molecule has 0 aromatic carbocycles. The van der Waals surface area contributed by atoms with Crippen molar-refractivity contribution in [2.45, 2.75) is 75.0 Å². The van der Waals surface area contributed by atoms with Crippen molar-refractivity contribution in [1.82, 2.24) is 0 Å². The van der Waals surface area contributed by atoms with E-state index in [0.29, 0.717) is 11.2 Å². The molecule has 3 rings (SSSR count). The quantitative estimate of drug-likeness (QED) is 0.789. The fourth-order valence-electron chi connectivity index (χ4n) is 3.10. The molecular formula is C15H26O4S2. The lowest BCUT2D eigenvalue weighted by molar-refractivity contribution is -0.174. The van der Waals surface area contributed by atoms with Gasteiger partial charge in [-0.15, -0.1) is 23.5 Å². The second-order valence-electron chi connectivity index (χ2n) is 6.77. The predicted molar refractivity (Wildman–Crippen MR) is 86.7 cm³/mol. The standard InChI is InChI=1S/C15H26O4S2/c1-14(2)16-9-11(18-14)13-10(17-15(3,4)19-13)8-12-20-6-5-7-21-12/h10-13H,5-9H2,1-4H3/t10-,11?,13+/m1/s1. The van der Waals surface area contributed by atoms with Crippen molar-refractivity contribution in [2.24, 2.45) is 0 Å². The Morgan fingerprint density at radius 3 is 2.29 bits per heavy atom. The molecular weight excluding hydrogens is 308 g/mol. The summed E-state index contributed by atoms with van der Waals surface area (Å²) in [5.41, 5.74) is 0. The van der Waals surface area contributed by atoms with E-state index in [2.05, 4.69) is 0 Å². The van der Waals surface area contributed by atoms with Crippen LogP contribution in [0.15, 0.2) is 0 Å². The van der Waals surface area contributed by atoms with E-state index in [-0.39, 0.29) is 18.3 Å². The molecule has 122 valence electrons. The Labute approximate surface area is 136 Å². The average molecular weight is 335 g/mol. The Hall–Kier alpha value is 0.540. The summed E-state index contributed by atoms with van der Waals surface area (Å²) in [5, 5.41) is 0. The SMILES string of the molecule is CC1(C)OCC([C@H]2OC(C)(C)O[C@@H]2CC2SCCCS2)O1. The average Bonchev–Trinajstić information content (AvgIpc) is 2.90. The van der Waals surface area contributed by atoms with E-state index in [4.69, 9.17) is 18.9 Å². The lowest BCUT2D eigenvalue weighted by atomic mass is 10.1. The van der Waals surface area contributed by atoms with Gasteiger partial charge in [0.1, 0.15) is 12.2 Å². The zero-order valence-corrected chi connectivity index (χ0v) is 14.9. The van der Waals surface area contributed by atoms with Gasteiger partial charge in [0.2, 0.25) is 0 Å². The highest BCUT2D eigenvalue weighted by Gasteiger charge is 2.50. The first-order valence-electron chi connectivity index (χ1n) is 7.75. The minimum absolute atomic E-state index is 0.0367.